The Morgan fingerprint density at radius 1 is 1.26 bits per heavy atom. The lowest BCUT2D eigenvalue weighted by atomic mass is 9.97. The molecule has 4 N–H and O–H groups in total. The lowest BCUT2D eigenvalue weighted by molar-refractivity contribution is -0.0454. The van der Waals surface area contributed by atoms with Crippen LogP contribution in [0.15, 0.2) is 48.7 Å². The lowest BCUT2D eigenvalue weighted by Crippen LogP contribution is -2.55. The average molecular weight is 441 g/mol. The van der Waals surface area contributed by atoms with Crippen LogP contribution in [0, 0.1) is 12.3 Å². The predicted octanol–water partition coefficient (Wildman–Crippen LogP) is 4.17. The fraction of sp³-hybridized carbons (Fsp3) is 0.391. The molecule has 164 valence electrons. The minimum atomic E-state index is -0.514. The van der Waals surface area contributed by atoms with E-state index in [4.69, 9.17) is 27.4 Å². The van der Waals surface area contributed by atoms with Gasteiger partial charge in [-0.05, 0) is 17.9 Å². The van der Waals surface area contributed by atoms with Crippen molar-refractivity contribution in [1.82, 2.24) is 14.8 Å². The van der Waals surface area contributed by atoms with Gasteiger partial charge in [0.1, 0.15) is 12.2 Å². The molecule has 0 fully saturated rings. The molecule has 1 aromatic carbocycles. The van der Waals surface area contributed by atoms with Gasteiger partial charge in [0.15, 0.2) is 17.8 Å². The standard InChI is InChI=1S/C23H29N5O2S/c1-15-7-5-6-8-16(15)21-29-13-18(30-21)28(12-11-25-14-23(2,3)4)17-9-10-26-20(24)19(17)27-22(28)31/h5-10,13,21,25H,11-12,14H2,1-4H3,(H2-,24,26,27,31)/p+1. The number of ether oxygens (including phenoxy) is 2. The zero-order valence-corrected chi connectivity index (χ0v) is 19.3. The second-order valence-corrected chi connectivity index (χ2v) is 9.58. The average Bonchev–Trinajstić information content (AvgIpc) is 3.30. The topological polar surface area (TPSA) is 81.4 Å². The number of rotatable bonds is 6. The van der Waals surface area contributed by atoms with Crippen LogP contribution in [0.3, 0.4) is 0 Å². The number of nitrogens with one attached hydrogen (secondary N) is 2. The van der Waals surface area contributed by atoms with Crippen LogP contribution in [-0.4, -0.2) is 29.7 Å². The molecule has 0 bridgehead atoms. The second kappa shape index (κ2) is 8.11. The Morgan fingerprint density at radius 2 is 2.03 bits per heavy atom. The molecular weight excluding hydrogens is 410 g/mol. The number of hydrogen-bond donors (Lipinski definition) is 3. The molecule has 8 heteroatoms. The van der Waals surface area contributed by atoms with E-state index in [1.807, 2.05) is 37.3 Å². The zero-order valence-electron chi connectivity index (χ0n) is 18.4. The molecule has 0 saturated carbocycles. The monoisotopic (exact) mass is 440 g/mol. The Morgan fingerprint density at radius 3 is 2.77 bits per heavy atom. The summed E-state index contributed by atoms with van der Waals surface area (Å²) < 4.78 is 12.6. The molecule has 7 nitrogen and oxygen atoms in total. The summed E-state index contributed by atoms with van der Waals surface area (Å²) >= 11 is 5.83. The lowest BCUT2D eigenvalue weighted by Gasteiger charge is -2.31. The second-order valence-electron chi connectivity index (χ2n) is 9.19. The summed E-state index contributed by atoms with van der Waals surface area (Å²) in [6.07, 6.45) is 2.87. The number of nitrogens with zero attached hydrogens (tertiary/aromatic N) is 2. The molecule has 2 aliphatic rings. The predicted molar refractivity (Wildman–Crippen MR) is 128 cm³/mol. The van der Waals surface area contributed by atoms with Crippen molar-refractivity contribution in [2.45, 2.75) is 34.0 Å². The summed E-state index contributed by atoms with van der Waals surface area (Å²) in [7, 11) is 0. The molecule has 31 heavy (non-hydrogen) atoms. The Hall–Kier alpha value is -2.68. The third kappa shape index (κ3) is 3.98. The van der Waals surface area contributed by atoms with Crippen LogP contribution in [0.5, 0.6) is 0 Å². The van der Waals surface area contributed by atoms with Gasteiger partial charge < -0.3 is 20.5 Å². The number of nitrogens with two attached hydrogens (primary N) is 1. The molecule has 1 aromatic heterocycles. The van der Waals surface area contributed by atoms with Crippen LogP contribution in [0.1, 0.15) is 38.2 Å². The minimum absolute atomic E-state index is 0.184. The highest BCUT2D eigenvalue weighted by Gasteiger charge is 2.53. The van der Waals surface area contributed by atoms with Crippen LogP contribution in [0.2, 0.25) is 0 Å². The molecule has 0 aliphatic carbocycles. The van der Waals surface area contributed by atoms with E-state index >= 15 is 0 Å². The van der Waals surface area contributed by atoms with Gasteiger partial charge in [-0.3, -0.25) is 5.32 Å². The third-order valence-corrected chi connectivity index (χ3v) is 5.98. The zero-order chi connectivity index (χ0) is 22.2. The van der Waals surface area contributed by atoms with Crippen molar-refractivity contribution in [3.63, 3.8) is 0 Å². The van der Waals surface area contributed by atoms with E-state index in [2.05, 4.69) is 36.4 Å². The first kappa shape index (κ1) is 21.5. The van der Waals surface area contributed by atoms with Crippen molar-refractivity contribution in [1.29, 1.82) is 0 Å². The van der Waals surface area contributed by atoms with Crippen LogP contribution >= 0.6 is 12.2 Å². The van der Waals surface area contributed by atoms with Crippen molar-refractivity contribution in [3.8, 4) is 0 Å². The van der Waals surface area contributed by atoms with Gasteiger partial charge in [0.25, 0.3) is 11.4 Å². The summed E-state index contributed by atoms with van der Waals surface area (Å²) in [6.45, 7) is 10.9. The Kier molecular flexibility index (Phi) is 5.63. The smallest absolute Gasteiger partial charge is 0.343 e. The minimum Gasteiger partial charge on any atom is -0.448 e. The van der Waals surface area contributed by atoms with E-state index in [9.17, 15) is 0 Å². The van der Waals surface area contributed by atoms with Crippen LogP contribution in [-0.2, 0) is 9.47 Å². The van der Waals surface area contributed by atoms with E-state index in [1.165, 1.54) is 0 Å². The fourth-order valence-electron chi connectivity index (χ4n) is 3.94. The number of fused-ring (bicyclic) bond motifs is 1. The van der Waals surface area contributed by atoms with Crippen LogP contribution < -0.4 is 20.9 Å². The molecule has 0 amide bonds. The molecule has 2 aliphatic heterocycles. The van der Waals surface area contributed by atoms with Gasteiger partial charge in [0, 0.05) is 43.1 Å². The largest absolute Gasteiger partial charge is 0.448 e. The highest BCUT2D eigenvalue weighted by atomic mass is 32.1. The van der Waals surface area contributed by atoms with Crippen molar-refractivity contribution in [2.24, 2.45) is 5.41 Å². The summed E-state index contributed by atoms with van der Waals surface area (Å²) in [4.78, 5) is 4.22. The molecule has 2 atom stereocenters. The molecule has 0 spiro atoms. The summed E-state index contributed by atoms with van der Waals surface area (Å²) in [5.41, 5.74) is 10.1. The first-order valence-electron chi connectivity index (χ1n) is 10.5. The number of aryl methyl sites for hydroxylation is 1. The molecule has 0 saturated heterocycles. The van der Waals surface area contributed by atoms with Gasteiger partial charge in [-0.1, -0.05) is 45.0 Å². The first-order chi connectivity index (χ1) is 14.7. The Balaban J connectivity index is 1.66. The maximum Gasteiger partial charge on any atom is 0.343 e. The normalized spacial score (nSPS) is 22.4. The Labute approximate surface area is 188 Å². The summed E-state index contributed by atoms with van der Waals surface area (Å²) in [5.74, 6) is 1.05. The van der Waals surface area contributed by atoms with Gasteiger partial charge in [-0.25, -0.2) is 4.98 Å². The van der Waals surface area contributed by atoms with Gasteiger partial charge in [0.05, 0.1) is 0 Å². The third-order valence-electron chi connectivity index (χ3n) is 5.57. The van der Waals surface area contributed by atoms with Crippen LogP contribution in [0.25, 0.3) is 0 Å². The van der Waals surface area contributed by atoms with Gasteiger partial charge >= 0.3 is 5.88 Å². The fourth-order valence-corrected chi connectivity index (χ4v) is 4.32. The number of pyridine rings is 1. The van der Waals surface area contributed by atoms with Crippen molar-refractivity contribution in [3.05, 3.63) is 59.8 Å². The van der Waals surface area contributed by atoms with Gasteiger partial charge in [0.2, 0.25) is 0 Å². The van der Waals surface area contributed by atoms with Gasteiger partial charge in [-0.2, -0.15) is 4.48 Å². The number of benzene rings is 1. The van der Waals surface area contributed by atoms with E-state index in [-0.39, 0.29) is 9.90 Å². The highest BCUT2D eigenvalue weighted by Crippen LogP contribution is 2.47. The summed E-state index contributed by atoms with van der Waals surface area (Å²) in [6, 6.07) is 9.99. The Bertz CT molecular complexity index is 1030. The maximum atomic E-state index is 6.38. The van der Waals surface area contributed by atoms with E-state index in [0.29, 0.717) is 23.4 Å². The van der Waals surface area contributed by atoms with Crippen molar-refractivity contribution < 1.29 is 9.47 Å². The molecule has 0 radical (unpaired) electrons. The number of hydrogen-bond acceptors (Lipinski definition) is 6. The molecular formula is C23H30N5O2S+. The number of aromatic nitrogens is 1. The maximum absolute atomic E-state index is 6.38. The van der Waals surface area contributed by atoms with Crippen molar-refractivity contribution in [2.75, 3.05) is 30.7 Å². The number of thiocarbonyl (C=S) groups is 1. The highest BCUT2D eigenvalue weighted by molar-refractivity contribution is 7.80. The number of nitrogen functional groups attached to an aromatic ring is 1. The van der Waals surface area contributed by atoms with Crippen molar-refractivity contribution >= 4 is 34.5 Å². The van der Waals surface area contributed by atoms with E-state index in [0.717, 1.165) is 35.6 Å². The number of anilines is 2. The van der Waals surface area contributed by atoms with Crippen LogP contribution in [0.4, 0.5) is 17.2 Å². The summed E-state index contributed by atoms with van der Waals surface area (Å²) in [5, 5.41) is 7.40. The first-order valence-corrected chi connectivity index (χ1v) is 10.9. The quantitative estimate of drug-likeness (QED) is 0.353. The van der Waals surface area contributed by atoms with E-state index in [1.54, 1.807) is 12.5 Å². The molecule has 2 aromatic rings. The van der Waals surface area contributed by atoms with Gasteiger partial charge in [-0.15, -0.1) is 0 Å². The SMILES string of the molecule is Cc1ccccc1C1OC=C([N+]2(CCNCC(C)(C)C)C(=S)Nc3c2ccnc3N)O1. The molecule has 2 unspecified atom stereocenters. The molecule has 3 heterocycles. The number of quaternary nitrogens is 1. The van der Waals surface area contributed by atoms with E-state index < -0.39 is 6.29 Å². The molecule has 4 rings (SSSR count).